The van der Waals surface area contributed by atoms with Crippen molar-refractivity contribution in [3.05, 3.63) is 45.6 Å². The molecular formula is C19H27O5S2-. The molecule has 0 amide bonds. The summed E-state index contributed by atoms with van der Waals surface area (Å²) in [5.74, 6) is 2.62. The second kappa shape index (κ2) is 10.5. The van der Waals surface area contributed by atoms with Gasteiger partial charge in [-0.1, -0.05) is 44.2 Å². The summed E-state index contributed by atoms with van der Waals surface area (Å²) in [5, 5.41) is 0. The van der Waals surface area contributed by atoms with E-state index >= 15 is 0 Å². The molecule has 26 heavy (non-hydrogen) atoms. The van der Waals surface area contributed by atoms with Crippen molar-refractivity contribution in [3.8, 4) is 11.5 Å². The monoisotopic (exact) mass is 399 g/mol. The summed E-state index contributed by atoms with van der Waals surface area (Å²) in [7, 11) is -3.92. The number of rotatable bonds is 2. The van der Waals surface area contributed by atoms with Crippen LogP contribution in [-0.4, -0.2) is 32.4 Å². The number of hydrogen-bond donors (Lipinski definition) is 0. The fourth-order valence-electron chi connectivity index (χ4n) is 2.28. The van der Waals surface area contributed by atoms with Crippen LogP contribution in [0.4, 0.5) is 0 Å². The molecule has 0 saturated heterocycles. The molecule has 0 radical (unpaired) electrons. The van der Waals surface area contributed by atoms with Crippen LogP contribution < -0.4 is 9.47 Å². The van der Waals surface area contributed by atoms with E-state index in [1.807, 2.05) is 0 Å². The Balaban J connectivity index is 0.000000210. The third-order valence-corrected chi connectivity index (χ3v) is 4.69. The minimum Gasteiger partial charge on any atom is -0.748 e. The van der Waals surface area contributed by atoms with Gasteiger partial charge >= 0.3 is 0 Å². The van der Waals surface area contributed by atoms with E-state index in [0.29, 0.717) is 25.4 Å². The first-order valence-electron chi connectivity index (χ1n) is 8.44. The first-order chi connectivity index (χ1) is 12.1. The molecule has 146 valence electrons. The molecule has 1 aromatic heterocycles. The topological polar surface area (TPSA) is 75.7 Å². The molecule has 2 heterocycles. The van der Waals surface area contributed by atoms with E-state index in [9.17, 15) is 0 Å². The van der Waals surface area contributed by atoms with Gasteiger partial charge < -0.3 is 14.0 Å². The molecule has 0 fully saturated rings. The Hall–Kier alpha value is -1.57. The van der Waals surface area contributed by atoms with Crippen molar-refractivity contribution >= 4 is 21.5 Å². The van der Waals surface area contributed by atoms with Gasteiger partial charge in [-0.2, -0.15) is 0 Å². The smallest absolute Gasteiger partial charge is 0.175 e. The minimum absolute atomic E-state index is 0.604. The zero-order valence-electron chi connectivity index (χ0n) is 15.9. The van der Waals surface area contributed by atoms with Crippen LogP contribution >= 0.6 is 11.3 Å². The van der Waals surface area contributed by atoms with Gasteiger partial charge in [0.1, 0.15) is 13.2 Å². The second-order valence-electron chi connectivity index (χ2n) is 5.99. The zero-order chi connectivity index (χ0) is 19.7. The Morgan fingerprint density at radius 3 is 1.88 bits per heavy atom. The number of thiophene rings is 1. The van der Waals surface area contributed by atoms with Crippen molar-refractivity contribution in [1.29, 1.82) is 0 Å². The Bertz CT molecular complexity index is 732. The first-order valence-corrected chi connectivity index (χ1v) is 11.1. The fourth-order valence-corrected chi connectivity index (χ4v) is 3.23. The molecule has 5 nitrogen and oxygen atoms in total. The lowest BCUT2D eigenvalue weighted by atomic mass is 9.99. The number of hydrogen-bond acceptors (Lipinski definition) is 6. The average Bonchev–Trinajstić information content (AvgIpc) is 2.89. The van der Waals surface area contributed by atoms with Crippen molar-refractivity contribution in [1.82, 2.24) is 0 Å². The number of benzene rings is 1. The largest absolute Gasteiger partial charge is 0.748 e. The third-order valence-electron chi connectivity index (χ3n) is 3.71. The average molecular weight is 400 g/mol. The summed E-state index contributed by atoms with van der Waals surface area (Å²) in [6, 6.07) is 10.6. The predicted octanol–water partition coefficient (Wildman–Crippen LogP) is 4.50. The Morgan fingerprint density at radius 2 is 1.50 bits per heavy atom. The van der Waals surface area contributed by atoms with Gasteiger partial charge in [0.2, 0.25) is 0 Å². The molecule has 2 aromatic rings. The summed E-state index contributed by atoms with van der Waals surface area (Å²) in [5.41, 5.74) is 1.45. The van der Waals surface area contributed by atoms with E-state index in [-0.39, 0.29) is 0 Å². The summed E-state index contributed by atoms with van der Waals surface area (Å²) < 4.78 is 38.2. The molecular weight excluding hydrogens is 372 g/mol. The molecule has 1 aromatic carbocycles. The van der Waals surface area contributed by atoms with Crippen LogP contribution in [0.25, 0.3) is 0 Å². The van der Waals surface area contributed by atoms with Crippen molar-refractivity contribution in [2.24, 2.45) is 0 Å². The van der Waals surface area contributed by atoms with Gasteiger partial charge in [0.05, 0.1) is 10.1 Å². The van der Waals surface area contributed by atoms with E-state index in [0.717, 1.165) is 11.5 Å². The summed E-state index contributed by atoms with van der Waals surface area (Å²) in [4.78, 5) is 2.44. The van der Waals surface area contributed by atoms with E-state index < -0.39 is 10.1 Å². The SMILES string of the molecule is CCC(C)c1ccccc1.CS(=O)(=O)[O-].Cc1sc(C)c2c1OCCO2. The van der Waals surface area contributed by atoms with Crippen molar-refractivity contribution < 1.29 is 22.4 Å². The van der Waals surface area contributed by atoms with Gasteiger partial charge in [-0.3, -0.25) is 0 Å². The number of fused-ring (bicyclic) bond motifs is 1. The van der Waals surface area contributed by atoms with Gasteiger partial charge in [0.15, 0.2) is 11.5 Å². The first kappa shape index (κ1) is 22.5. The number of aryl methyl sites for hydroxylation is 2. The highest BCUT2D eigenvalue weighted by Crippen LogP contribution is 2.42. The summed E-state index contributed by atoms with van der Waals surface area (Å²) in [6.45, 7) is 9.97. The van der Waals surface area contributed by atoms with Crippen LogP contribution in [0.1, 0.15) is 41.5 Å². The number of ether oxygens (including phenoxy) is 2. The maximum Gasteiger partial charge on any atom is 0.175 e. The molecule has 1 aliphatic heterocycles. The van der Waals surface area contributed by atoms with E-state index in [1.54, 1.807) is 11.3 Å². The normalized spacial score (nSPS) is 13.6. The van der Waals surface area contributed by atoms with Crippen molar-refractivity contribution in [2.75, 3.05) is 19.5 Å². The lowest BCUT2D eigenvalue weighted by molar-refractivity contribution is 0.171. The molecule has 0 saturated carbocycles. The highest BCUT2D eigenvalue weighted by molar-refractivity contribution is 7.84. The molecule has 3 rings (SSSR count). The van der Waals surface area contributed by atoms with Crippen molar-refractivity contribution in [2.45, 2.75) is 40.0 Å². The van der Waals surface area contributed by atoms with E-state index in [4.69, 9.17) is 22.4 Å². The Kier molecular flexibility index (Phi) is 9.12. The lowest BCUT2D eigenvalue weighted by Crippen LogP contribution is -2.14. The predicted molar refractivity (Wildman–Crippen MR) is 106 cm³/mol. The second-order valence-corrected chi connectivity index (χ2v) is 8.83. The van der Waals surface area contributed by atoms with Crippen LogP contribution in [0.3, 0.4) is 0 Å². The molecule has 0 N–H and O–H groups in total. The Morgan fingerprint density at radius 1 is 1.08 bits per heavy atom. The maximum atomic E-state index is 9.08. The molecule has 1 aliphatic rings. The highest BCUT2D eigenvalue weighted by Gasteiger charge is 2.19. The van der Waals surface area contributed by atoms with Gasteiger partial charge in [-0.15, -0.1) is 11.3 Å². The van der Waals surface area contributed by atoms with E-state index in [1.165, 1.54) is 21.7 Å². The van der Waals surface area contributed by atoms with Crippen LogP contribution in [0.2, 0.25) is 0 Å². The van der Waals surface area contributed by atoms with Crippen LogP contribution in [0.15, 0.2) is 30.3 Å². The summed E-state index contributed by atoms with van der Waals surface area (Å²) >= 11 is 1.74. The Labute approximate surface area is 160 Å². The standard InChI is InChI=1S/C10H14.C8H10O2S.CH4O3S/c1-3-9(2)10-7-5-4-6-8-10;1-5-7-8(6(2)11-5)10-4-3-9-7;1-5(2,3)4/h4-9H,3H2,1-2H3;3-4H2,1-2H3;1H3,(H,2,3,4)/p-1. The van der Waals surface area contributed by atoms with Crippen LogP contribution in [-0.2, 0) is 10.1 Å². The third kappa shape index (κ3) is 8.21. The summed E-state index contributed by atoms with van der Waals surface area (Å²) in [6.07, 6.45) is 1.83. The van der Waals surface area contributed by atoms with Gasteiger partial charge in [0.25, 0.3) is 0 Å². The van der Waals surface area contributed by atoms with Gasteiger partial charge in [0, 0.05) is 16.0 Å². The molecule has 1 unspecified atom stereocenters. The highest BCUT2D eigenvalue weighted by atomic mass is 32.2. The fraction of sp³-hybridized carbons (Fsp3) is 0.474. The van der Waals surface area contributed by atoms with Gasteiger partial charge in [-0.05, 0) is 31.7 Å². The minimum atomic E-state index is -3.92. The van der Waals surface area contributed by atoms with Crippen LogP contribution in [0, 0.1) is 13.8 Å². The quantitative estimate of drug-likeness (QED) is 0.695. The zero-order valence-corrected chi connectivity index (χ0v) is 17.6. The molecule has 7 heteroatoms. The molecule has 1 atom stereocenters. The van der Waals surface area contributed by atoms with Crippen LogP contribution in [0.5, 0.6) is 11.5 Å². The molecule has 0 bridgehead atoms. The van der Waals surface area contributed by atoms with Gasteiger partial charge in [-0.25, -0.2) is 8.42 Å². The molecule has 0 spiro atoms. The van der Waals surface area contributed by atoms with Crippen molar-refractivity contribution in [3.63, 3.8) is 0 Å². The van der Waals surface area contributed by atoms with E-state index in [2.05, 4.69) is 58.0 Å². The lowest BCUT2D eigenvalue weighted by Gasteiger charge is -2.15. The molecule has 0 aliphatic carbocycles. The maximum absolute atomic E-state index is 9.08.